The molecule has 5 rings (SSSR count). The van der Waals surface area contributed by atoms with Crippen LogP contribution in [0, 0.1) is 17.8 Å². The van der Waals surface area contributed by atoms with Crippen molar-refractivity contribution in [2.45, 2.75) is 57.5 Å². The van der Waals surface area contributed by atoms with Gasteiger partial charge >= 0.3 is 0 Å². The maximum atomic E-state index is 13.9. The number of rotatable bonds is 5. The Bertz CT molecular complexity index is 1360. The molecule has 1 heterocycles. The Morgan fingerprint density at radius 2 is 1.77 bits per heavy atom. The second-order valence-electron chi connectivity index (χ2n) is 11.7. The zero-order chi connectivity index (χ0) is 29.3. The molecule has 1 aromatic rings. The third-order valence-corrected chi connectivity index (χ3v) is 9.10. The maximum absolute atomic E-state index is 13.9. The largest absolute Gasteiger partial charge is 0.510 e. The van der Waals surface area contributed by atoms with Crippen molar-refractivity contribution in [2.24, 2.45) is 23.5 Å². The highest BCUT2D eigenvalue weighted by Crippen LogP contribution is 2.51. The summed E-state index contributed by atoms with van der Waals surface area (Å²) in [6.07, 6.45) is 0.651. The highest BCUT2D eigenvalue weighted by molar-refractivity contribution is 6.28. The summed E-state index contributed by atoms with van der Waals surface area (Å²) < 4.78 is 27.3. The van der Waals surface area contributed by atoms with Gasteiger partial charge in [0.05, 0.1) is 17.5 Å². The van der Waals surface area contributed by atoms with E-state index in [-0.39, 0.29) is 55.8 Å². The van der Waals surface area contributed by atoms with Gasteiger partial charge in [-0.15, -0.1) is 0 Å². The molecule has 40 heavy (non-hydrogen) atoms. The minimum atomic E-state index is -2.71. The zero-order valence-electron chi connectivity index (χ0n) is 22.8. The first-order valence-electron chi connectivity index (χ1n) is 13.6. The van der Waals surface area contributed by atoms with E-state index in [1.54, 1.807) is 19.0 Å². The Hall–Kier alpha value is -3.31. The molecule has 5 N–H and O–H groups in total. The van der Waals surface area contributed by atoms with Gasteiger partial charge < -0.3 is 21.1 Å². The molecule has 1 saturated carbocycles. The van der Waals surface area contributed by atoms with Gasteiger partial charge in [-0.05, 0) is 56.3 Å². The van der Waals surface area contributed by atoms with Crippen molar-refractivity contribution in [2.75, 3.05) is 27.2 Å². The number of piperidine rings is 1. The number of hydrogen-bond donors (Lipinski definition) is 4. The number of aryl methyl sites for hydroxylation is 1. The topological polar surface area (TPSA) is 144 Å². The molecular formula is C29H35F2N3O6. The van der Waals surface area contributed by atoms with Gasteiger partial charge in [0, 0.05) is 43.6 Å². The molecule has 0 aromatic heterocycles. The molecule has 4 aliphatic rings. The fourth-order valence-electron chi connectivity index (χ4n) is 7.19. The van der Waals surface area contributed by atoms with Crippen LogP contribution in [0.4, 0.5) is 8.78 Å². The van der Waals surface area contributed by atoms with E-state index in [4.69, 9.17) is 5.73 Å². The van der Waals surface area contributed by atoms with E-state index in [1.165, 1.54) is 0 Å². The van der Waals surface area contributed by atoms with Crippen molar-refractivity contribution in [3.8, 4) is 5.75 Å². The monoisotopic (exact) mass is 559 g/mol. The lowest BCUT2D eigenvalue weighted by Crippen LogP contribution is -2.55. The molecule has 3 unspecified atom stereocenters. The molecule has 3 aliphatic carbocycles. The molecule has 1 saturated heterocycles. The van der Waals surface area contributed by atoms with Gasteiger partial charge in [0.2, 0.25) is 0 Å². The minimum Gasteiger partial charge on any atom is -0.510 e. The summed E-state index contributed by atoms with van der Waals surface area (Å²) in [6.45, 7) is 2.48. The molecule has 0 spiro atoms. The molecule has 1 aliphatic heterocycles. The number of aliphatic hydroxyl groups excluding tert-OH is 2. The van der Waals surface area contributed by atoms with Crippen LogP contribution in [-0.2, 0) is 33.8 Å². The SMILES string of the molecule is CCc1cc(CN2CCC(F)(F)CC2)c(O)c2c1CC1CC3C(C(=O)C(C(N)=O)=C(O)[C@@H]3N(C)C)C(=O)C1=C2O. The Labute approximate surface area is 230 Å². The number of aromatic hydroxyl groups is 1. The summed E-state index contributed by atoms with van der Waals surface area (Å²) >= 11 is 0. The Morgan fingerprint density at radius 1 is 1.12 bits per heavy atom. The number of phenols is 1. The first kappa shape index (κ1) is 28.2. The molecule has 9 nitrogen and oxygen atoms in total. The number of nitrogens with two attached hydrogens (primary N) is 1. The van der Waals surface area contributed by atoms with Crippen LogP contribution in [0.1, 0.15) is 48.4 Å². The molecule has 1 aromatic carbocycles. The van der Waals surface area contributed by atoms with E-state index in [9.17, 15) is 38.5 Å². The number of hydrogen-bond acceptors (Lipinski definition) is 8. The van der Waals surface area contributed by atoms with Gasteiger partial charge in [-0.25, -0.2) is 8.78 Å². The summed E-state index contributed by atoms with van der Waals surface area (Å²) in [5.41, 5.74) is 7.01. The third-order valence-electron chi connectivity index (χ3n) is 9.10. The predicted octanol–water partition coefficient (Wildman–Crippen LogP) is 2.64. The quantitative estimate of drug-likeness (QED) is 0.318. The highest BCUT2D eigenvalue weighted by atomic mass is 19.3. The van der Waals surface area contributed by atoms with Gasteiger partial charge in [-0.1, -0.05) is 13.0 Å². The van der Waals surface area contributed by atoms with Crippen LogP contribution in [0.5, 0.6) is 5.75 Å². The molecule has 1 amide bonds. The number of fused-ring (bicyclic) bond motifs is 3. The maximum Gasteiger partial charge on any atom is 0.255 e. The summed E-state index contributed by atoms with van der Waals surface area (Å²) in [5.74, 6) is -8.83. The number of primary amides is 1. The standard InChI is InChI=1S/C29H35F2N3O6/c1-4-13-9-15(12-34-7-5-29(30,31)6-8-34)23(35)19-16(13)10-14-11-17-20(25(37)18(14)24(19)36)26(38)21(28(32)40)27(39)22(17)33(2)3/h9,14,17,20,22,35-36,39H,4-8,10-12H2,1-3H3,(H2,32,40)/t14?,17?,20?,22-/m1/s1. The predicted molar refractivity (Wildman–Crippen MR) is 142 cm³/mol. The fourth-order valence-corrected chi connectivity index (χ4v) is 7.19. The van der Waals surface area contributed by atoms with Gasteiger partial charge in [-0.3, -0.25) is 24.2 Å². The molecule has 2 fully saturated rings. The van der Waals surface area contributed by atoms with E-state index in [0.717, 1.165) is 5.56 Å². The fraction of sp³-hybridized carbons (Fsp3) is 0.552. The lowest BCUT2D eigenvalue weighted by molar-refractivity contribution is -0.136. The summed E-state index contributed by atoms with van der Waals surface area (Å²) in [4.78, 5) is 42.8. The lowest BCUT2D eigenvalue weighted by Gasteiger charge is -2.46. The number of nitrogens with zero attached hydrogens (tertiary/aromatic N) is 2. The number of Topliss-reactive ketones (excluding diaryl/α,β-unsaturated/α-hetero) is 2. The van der Waals surface area contributed by atoms with E-state index >= 15 is 0 Å². The van der Waals surface area contributed by atoms with Crippen LogP contribution in [-0.4, -0.2) is 81.7 Å². The average molecular weight is 560 g/mol. The average Bonchev–Trinajstić information content (AvgIpc) is 2.85. The summed E-state index contributed by atoms with van der Waals surface area (Å²) in [5, 5.41) is 33.7. The second-order valence-corrected chi connectivity index (χ2v) is 11.7. The number of amides is 1. The molecular weight excluding hydrogens is 524 g/mol. The number of ketones is 2. The van der Waals surface area contributed by atoms with E-state index in [1.807, 2.05) is 17.9 Å². The zero-order valence-corrected chi connectivity index (χ0v) is 22.8. The van der Waals surface area contributed by atoms with Crippen molar-refractivity contribution in [3.63, 3.8) is 0 Å². The van der Waals surface area contributed by atoms with Crippen molar-refractivity contribution >= 4 is 23.2 Å². The van der Waals surface area contributed by atoms with Crippen LogP contribution < -0.4 is 5.73 Å². The van der Waals surface area contributed by atoms with E-state index < -0.39 is 64.3 Å². The molecule has 4 atom stereocenters. The molecule has 216 valence electrons. The van der Waals surface area contributed by atoms with Crippen LogP contribution in [0.15, 0.2) is 23.0 Å². The van der Waals surface area contributed by atoms with Crippen LogP contribution in [0.25, 0.3) is 5.76 Å². The third kappa shape index (κ3) is 4.39. The number of alkyl halides is 2. The Morgan fingerprint density at radius 3 is 2.35 bits per heavy atom. The first-order valence-corrected chi connectivity index (χ1v) is 13.6. The lowest BCUT2D eigenvalue weighted by atomic mass is 9.59. The molecule has 11 heteroatoms. The second kappa shape index (κ2) is 9.95. The minimum absolute atomic E-state index is 0.0249. The number of phenolic OH excluding ortho intramolecular Hbond substituents is 1. The van der Waals surface area contributed by atoms with Crippen LogP contribution in [0.3, 0.4) is 0 Å². The summed E-state index contributed by atoms with van der Waals surface area (Å²) in [7, 11) is 3.35. The van der Waals surface area contributed by atoms with Crippen LogP contribution in [0.2, 0.25) is 0 Å². The van der Waals surface area contributed by atoms with E-state index in [0.29, 0.717) is 24.0 Å². The van der Waals surface area contributed by atoms with Gasteiger partial charge in [0.25, 0.3) is 11.8 Å². The van der Waals surface area contributed by atoms with E-state index in [2.05, 4.69) is 0 Å². The number of carbonyl (C=O) groups is 3. The number of likely N-dealkylation sites (N-methyl/N-ethyl adjacent to an activating group) is 1. The number of halogens is 2. The van der Waals surface area contributed by atoms with Crippen LogP contribution >= 0.6 is 0 Å². The number of likely N-dealkylation sites (tertiary alicyclic amines) is 1. The van der Waals surface area contributed by atoms with Gasteiger partial charge in [-0.2, -0.15) is 0 Å². The molecule has 0 bridgehead atoms. The van der Waals surface area contributed by atoms with Gasteiger partial charge in [0.15, 0.2) is 11.6 Å². The van der Waals surface area contributed by atoms with Crippen molar-refractivity contribution < 1.29 is 38.5 Å². The highest BCUT2D eigenvalue weighted by Gasteiger charge is 2.55. The molecule has 0 radical (unpaired) electrons. The number of benzene rings is 1. The Kier molecular flexibility index (Phi) is 7.02. The number of carbonyl (C=O) groups excluding carboxylic acids is 3. The van der Waals surface area contributed by atoms with Gasteiger partial charge in [0.1, 0.15) is 22.8 Å². The van der Waals surface area contributed by atoms with Crippen molar-refractivity contribution in [1.29, 1.82) is 0 Å². The van der Waals surface area contributed by atoms with Crippen molar-refractivity contribution in [3.05, 3.63) is 45.2 Å². The first-order chi connectivity index (χ1) is 18.8. The van der Waals surface area contributed by atoms with Crippen molar-refractivity contribution in [1.82, 2.24) is 9.80 Å². The number of aliphatic hydroxyl groups is 2. The summed E-state index contributed by atoms with van der Waals surface area (Å²) in [6, 6.07) is 1.05. The number of allylic oxidation sites excluding steroid dienone is 1. The normalized spacial score (nSPS) is 28.4. The smallest absolute Gasteiger partial charge is 0.255 e. The Balaban J connectivity index is 1.58.